The van der Waals surface area contributed by atoms with Gasteiger partial charge in [0, 0.05) is 22.2 Å². The molecule has 12 rings (SSSR count). The van der Waals surface area contributed by atoms with Crippen LogP contribution in [0.3, 0.4) is 0 Å². The van der Waals surface area contributed by atoms with Crippen LogP contribution in [0.5, 0.6) is 11.5 Å². The van der Waals surface area contributed by atoms with Gasteiger partial charge < -0.3 is 9.64 Å². The molecule has 0 N–H and O–H groups in total. The van der Waals surface area contributed by atoms with E-state index in [4.69, 9.17) is 4.74 Å². The Morgan fingerprint density at radius 3 is 1.39 bits per heavy atom. The van der Waals surface area contributed by atoms with Gasteiger partial charge >= 0.3 is 0 Å². The van der Waals surface area contributed by atoms with Gasteiger partial charge in [0.05, 0.1) is 16.8 Å². The second-order valence-corrected chi connectivity index (χ2v) is 20.9. The molecule has 9 aromatic rings. The molecule has 3 aliphatic heterocycles. The lowest BCUT2D eigenvalue weighted by molar-refractivity contribution is 0.435. The minimum absolute atomic E-state index is 0.107. The maximum atomic E-state index is 6.93. The van der Waals surface area contributed by atoms with Crippen molar-refractivity contribution in [3.63, 3.8) is 0 Å². The summed E-state index contributed by atoms with van der Waals surface area (Å²) in [4.78, 5) is 2.43. The lowest BCUT2D eigenvalue weighted by Gasteiger charge is -2.51. The first-order valence-electron chi connectivity index (χ1n) is 21.3. The van der Waals surface area contributed by atoms with Gasteiger partial charge in [-0.25, -0.2) is 0 Å². The van der Waals surface area contributed by atoms with Crippen molar-refractivity contribution in [2.75, 3.05) is 4.90 Å². The Bertz CT molecular complexity index is 3010. The molecule has 1 spiro atoms. The minimum Gasteiger partial charge on any atom is -0.457 e. The van der Waals surface area contributed by atoms with E-state index < -0.39 is 13.5 Å². The van der Waals surface area contributed by atoms with Crippen molar-refractivity contribution < 1.29 is 4.74 Å². The SMILES string of the molecule is CC1(C)c2ccccc2N(c2ccc(-c3ccc4c(c3)C3(c5ccccc5O4)c4ccccc4[Si](c4ccccc4)(c4ccccc4)c4ccccc43)cc2)c2ccccc21. The maximum Gasteiger partial charge on any atom is 0.180 e. The van der Waals surface area contributed by atoms with E-state index >= 15 is 0 Å². The highest BCUT2D eigenvalue weighted by Crippen LogP contribution is 2.57. The van der Waals surface area contributed by atoms with Crippen LogP contribution in [0.2, 0.25) is 0 Å². The van der Waals surface area contributed by atoms with E-state index in [2.05, 4.69) is 243 Å². The van der Waals surface area contributed by atoms with Crippen LogP contribution in [0.1, 0.15) is 47.2 Å². The third-order valence-corrected chi connectivity index (χ3v) is 18.8. The molecule has 0 aromatic heterocycles. The second kappa shape index (κ2) is 13.4. The van der Waals surface area contributed by atoms with Gasteiger partial charge in [-0.1, -0.05) is 196 Å². The Labute approximate surface area is 359 Å². The van der Waals surface area contributed by atoms with Crippen LogP contribution in [0, 0.1) is 0 Å². The molecule has 3 heterocycles. The van der Waals surface area contributed by atoms with E-state index in [-0.39, 0.29) is 5.41 Å². The molecule has 0 aliphatic carbocycles. The normalized spacial score (nSPS) is 15.5. The van der Waals surface area contributed by atoms with Gasteiger partial charge in [0.2, 0.25) is 0 Å². The van der Waals surface area contributed by atoms with E-state index in [1.807, 2.05) is 0 Å². The molecular formula is C58H43NOSi. The molecule has 0 fully saturated rings. The van der Waals surface area contributed by atoms with Crippen LogP contribution < -0.4 is 30.4 Å². The highest BCUT2D eigenvalue weighted by molar-refractivity contribution is 7.20. The zero-order valence-electron chi connectivity index (χ0n) is 34.2. The fourth-order valence-electron chi connectivity index (χ4n) is 11.3. The summed E-state index contributed by atoms with van der Waals surface area (Å²) in [6, 6.07) is 83.6. The first kappa shape index (κ1) is 35.7. The Morgan fingerprint density at radius 1 is 0.377 bits per heavy atom. The van der Waals surface area contributed by atoms with Crippen molar-refractivity contribution in [1.82, 2.24) is 0 Å². The summed E-state index contributed by atoms with van der Waals surface area (Å²) in [5, 5.41) is 5.59. The first-order chi connectivity index (χ1) is 30.0. The van der Waals surface area contributed by atoms with Crippen molar-refractivity contribution >= 4 is 45.9 Å². The van der Waals surface area contributed by atoms with E-state index in [1.54, 1.807) is 0 Å². The Morgan fingerprint density at radius 2 is 0.820 bits per heavy atom. The summed E-state index contributed by atoms with van der Waals surface area (Å²) in [6.45, 7) is 4.68. The summed E-state index contributed by atoms with van der Waals surface area (Å²) in [5.41, 5.74) is 12.8. The predicted octanol–water partition coefficient (Wildman–Crippen LogP) is 11.6. The van der Waals surface area contributed by atoms with Crippen LogP contribution >= 0.6 is 0 Å². The van der Waals surface area contributed by atoms with Gasteiger partial charge in [-0.05, 0) is 96.6 Å². The zero-order valence-corrected chi connectivity index (χ0v) is 35.2. The Hall–Kier alpha value is -7.20. The molecule has 0 saturated heterocycles. The molecule has 0 bridgehead atoms. The zero-order chi connectivity index (χ0) is 40.8. The highest BCUT2D eigenvalue weighted by Gasteiger charge is 2.57. The molecule has 0 saturated carbocycles. The fraction of sp³-hybridized carbons (Fsp3) is 0.0690. The molecule has 2 nitrogen and oxygen atoms in total. The number of para-hydroxylation sites is 3. The van der Waals surface area contributed by atoms with Gasteiger partial charge in [0.15, 0.2) is 8.07 Å². The second-order valence-electron chi connectivity index (χ2n) is 17.2. The van der Waals surface area contributed by atoms with Gasteiger partial charge in [-0.2, -0.15) is 0 Å². The molecule has 0 atom stereocenters. The lowest BCUT2D eigenvalue weighted by Crippen LogP contribution is -2.79. The fourth-order valence-corrected chi connectivity index (χ4v) is 16.6. The number of ether oxygens (including phenoxy) is 1. The van der Waals surface area contributed by atoms with Crippen molar-refractivity contribution in [3.8, 4) is 22.6 Å². The summed E-state index contributed by atoms with van der Waals surface area (Å²) in [5.74, 6) is 1.79. The molecule has 3 aliphatic rings. The molecule has 9 aromatic carbocycles. The van der Waals surface area contributed by atoms with Crippen LogP contribution in [0.15, 0.2) is 224 Å². The molecule has 290 valence electrons. The summed E-state index contributed by atoms with van der Waals surface area (Å²) in [6.07, 6.45) is 0. The number of nitrogens with zero attached hydrogens (tertiary/aromatic N) is 1. The molecule has 61 heavy (non-hydrogen) atoms. The van der Waals surface area contributed by atoms with E-state index in [9.17, 15) is 0 Å². The van der Waals surface area contributed by atoms with Gasteiger partial charge in [0.25, 0.3) is 0 Å². The standard InChI is InChI=1S/C58H43NOSi/c1-57(2)45-23-9-14-28-51(45)59(52-29-15-10-24-46(52)57)42-36-33-40(34-37-42)41-35-38-54-50(39-41)58(47-25-11-16-30-53(47)60-54)48-26-12-17-31-55(48)61(43-19-5-3-6-20-43,44-21-7-4-8-22-44)56-32-18-13-27-49(56)58/h3-39H,1-2H3. The van der Waals surface area contributed by atoms with Crippen LogP contribution in [0.4, 0.5) is 17.1 Å². The van der Waals surface area contributed by atoms with Gasteiger partial charge in [-0.3, -0.25) is 0 Å². The summed E-state index contributed by atoms with van der Waals surface area (Å²) in [7, 11) is -2.83. The predicted molar refractivity (Wildman–Crippen MR) is 254 cm³/mol. The highest BCUT2D eigenvalue weighted by atomic mass is 28.3. The molecule has 3 heteroatoms. The average molecular weight is 798 g/mol. The van der Waals surface area contributed by atoms with Crippen LogP contribution in [-0.2, 0) is 10.8 Å². The molecule has 0 unspecified atom stereocenters. The van der Waals surface area contributed by atoms with E-state index in [0.717, 1.165) is 33.9 Å². The smallest absolute Gasteiger partial charge is 0.180 e. The molecular weight excluding hydrogens is 755 g/mol. The summed E-state index contributed by atoms with van der Waals surface area (Å²) < 4.78 is 6.93. The quantitative estimate of drug-likeness (QED) is 0.165. The van der Waals surface area contributed by atoms with Crippen molar-refractivity contribution in [3.05, 3.63) is 258 Å². The van der Waals surface area contributed by atoms with Crippen molar-refractivity contribution in [2.24, 2.45) is 0 Å². The number of benzene rings is 9. The summed E-state index contributed by atoms with van der Waals surface area (Å²) >= 11 is 0. The van der Waals surface area contributed by atoms with Crippen LogP contribution in [0.25, 0.3) is 11.1 Å². The van der Waals surface area contributed by atoms with Gasteiger partial charge in [0.1, 0.15) is 11.5 Å². The third-order valence-electron chi connectivity index (χ3n) is 13.9. The minimum atomic E-state index is -2.83. The monoisotopic (exact) mass is 797 g/mol. The maximum absolute atomic E-state index is 6.93. The number of hydrogen-bond donors (Lipinski definition) is 0. The van der Waals surface area contributed by atoms with E-state index in [0.29, 0.717) is 0 Å². The number of anilines is 3. The van der Waals surface area contributed by atoms with Crippen molar-refractivity contribution in [1.29, 1.82) is 0 Å². The first-order valence-corrected chi connectivity index (χ1v) is 23.3. The molecule has 0 radical (unpaired) electrons. The van der Waals surface area contributed by atoms with Gasteiger partial charge in [-0.15, -0.1) is 0 Å². The lowest BCUT2D eigenvalue weighted by atomic mass is 9.63. The largest absolute Gasteiger partial charge is 0.457 e. The third kappa shape index (κ3) is 4.90. The number of fused-ring (bicyclic) bond motifs is 10. The van der Waals surface area contributed by atoms with Crippen molar-refractivity contribution in [2.45, 2.75) is 24.7 Å². The van der Waals surface area contributed by atoms with E-state index in [1.165, 1.54) is 59.9 Å². The number of rotatable bonds is 4. The topological polar surface area (TPSA) is 12.5 Å². The Kier molecular flexibility index (Phi) is 7.85. The number of hydrogen-bond acceptors (Lipinski definition) is 2. The molecule has 0 amide bonds. The Balaban J connectivity index is 1.08. The van der Waals surface area contributed by atoms with Crippen LogP contribution in [-0.4, -0.2) is 8.07 Å². The average Bonchev–Trinajstić information content (AvgIpc) is 3.32.